The Morgan fingerprint density at radius 2 is 2.11 bits per heavy atom. The maximum Gasteiger partial charge on any atom is 0.236 e. The van der Waals surface area contributed by atoms with Crippen LogP contribution < -0.4 is 10.1 Å². The van der Waals surface area contributed by atoms with Crippen molar-refractivity contribution in [2.45, 2.75) is 37.5 Å². The van der Waals surface area contributed by atoms with Gasteiger partial charge in [-0.3, -0.25) is 4.79 Å². The van der Waals surface area contributed by atoms with Gasteiger partial charge in [-0.25, -0.2) is 4.98 Å². The predicted octanol–water partition coefficient (Wildman–Crippen LogP) is 2.97. The van der Waals surface area contributed by atoms with E-state index in [4.69, 9.17) is 4.74 Å². The third-order valence-electron chi connectivity index (χ3n) is 3.92. The molecule has 1 amide bonds. The summed E-state index contributed by atoms with van der Waals surface area (Å²) in [5.74, 6) is 0.688. The zero-order valence-corrected chi connectivity index (χ0v) is 11.6. The number of carbonyl (C=O) groups excluding carboxylic acids is 1. The van der Waals surface area contributed by atoms with E-state index in [0.717, 1.165) is 37.1 Å². The van der Waals surface area contributed by atoms with Crippen LogP contribution in [0.3, 0.4) is 0 Å². The maximum atomic E-state index is 12.3. The molecule has 1 aliphatic heterocycles. The Balaban J connectivity index is 2.03. The van der Waals surface area contributed by atoms with Gasteiger partial charge in [0.15, 0.2) is 0 Å². The number of carbonyl (C=O) groups is 1. The van der Waals surface area contributed by atoms with E-state index in [-0.39, 0.29) is 5.91 Å². The fraction of sp³-hybridized carbons (Fsp3) is 0.538. The first-order chi connectivity index (χ1) is 8.76. The predicted molar refractivity (Wildman–Crippen MR) is 72.1 cm³/mol. The second-order valence-corrected chi connectivity index (χ2v) is 5.35. The van der Waals surface area contributed by atoms with Gasteiger partial charge >= 0.3 is 0 Å². The largest absolute Gasteiger partial charge is 0.466 e. The van der Waals surface area contributed by atoms with Gasteiger partial charge in [-0.15, -0.1) is 0 Å². The number of fused-ring (bicyclic) bond motifs is 2. The topological polar surface area (TPSA) is 51.2 Å². The average molecular weight is 311 g/mol. The molecule has 0 saturated heterocycles. The number of pyridine rings is 1. The number of ether oxygens (including phenoxy) is 1. The summed E-state index contributed by atoms with van der Waals surface area (Å²) in [6.07, 6.45) is 5.20. The molecule has 1 aromatic rings. The molecule has 1 saturated carbocycles. The normalized spacial score (nSPS) is 20.6. The number of alkyl halides is 1. The lowest BCUT2D eigenvalue weighted by molar-refractivity contribution is -0.122. The fourth-order valence-electron chi connectivity index (χ4n) is 3.01. The second-order valence-electron chi connectivity index (χ2n) is 4.90. The number of amides is 1. The Morgan fingerprint density at radius 1 is 1.33 bits per heavy atom. The van der Waals surface area contributed by atoms with Gasteiger partial charge in [0.1, 0.15) is 5.52 Å². The van der Waals surface area contributed by atoms with Crippen LogP contribution in [-0.4, -0.2) is 16.4 Å². The van der Waals surface area contributed by atoms with E-state index < -0.39 is 5.41 Å². The van der Waals surface area contributed by atoms with Gasteiger partial charge < -0.3 is 10.1 Å². The van der Waals surface area contributed by atoms with E-state index >= 15 is 0 Å². The molecule has 1 aliphatic carbocycles. The highest BCUT2D eigenvalue weighted by Crippen LogP contribution is 2.46. The fourth-order valence-corrected chi connectivity index (χ4v) is 3.25. The van der Waals surface area contributed by atoms with Gasteiger partial charge in [0.05, 0.1) is 16.8 Å². The third-order valence-corrected chi connectivity index (χ3v) is 4.14. The first-order valence-electron chi connectivity index (χ1n) is 6.28. The average Bonchev–Trinajstić information content (AvgIpc) is 2.65. The Bertz CT molecular complexity index is 484. The highest BCUT2D eigenvalue weighted by Gasteiger charge is 2.48. The zero-order valence-electron chi connectivity index (χ0n) is 10.0. The minimum absolute atomic E-state index is 0.112. The van der Waals surface area contributed by atoms with Crippen molar-refractivity contribution < 1.29 is 9.53 Å². The van der Waals surface area contributed by atoms with Crippen molar-refractivity contribution in [3.63, 3.8) is 0 Å². The van der Waals surface area contributed by atoms with Crippen LogP contribution in [0.1, 0.15) is 37.8 Å². The molecule has 1 fully saturated rings. The van der Waals surface area contributed by atoms with E-state index in [2.05, 4.69) is 26.2 Å². The molecule has 18 heavy (non-hydrogen) atoms. The lowest BCUT2D eigenvalue weighted by Crippen LogP contribution is -2.36. The molecule has 5 heteroatoms. The van der Waals surface area contributed by atoms with Gasteiger partial charge in [-0.2, -0.15) is 0 Å². The molecule has 0 bridgehead atoms. The van der Waals surface area contributed by atoms with E-state index in [9.17, 15) is 4.79 Å². The first kappa shape index (κ1) is 12.0. The minimum atomic E-state index is -0.404. The third kappa shape index (κ3) is 1.72. The monoisotopic (exact) mass is 310 g/mol. The molecular formula is C13H15BrN2O2. The minimum Gasteiger partial charge on any atom is -0.466 e. The Morgan fingerprint density at radius 3 is 2.83 bits per heavy atom. The molecule has 2 heterocycles. The molecule has 0 atom stereocenters. The zero-order chi connectivity index (χ0) is 12.6. The van der Waals surface area contributed by atoms with Crippen molar-refractivity contribution >= 4 is 27.5 Å². The molecule has 3 rings (SSSR count). The van der Waals surface area contributed by atoms with Gasteiger partial charge in [0.25, 0.3) is 0 Å². The summed E-state index contributed by atoms with van der Waals surface area (Å²) in [6, 6.07) is 3.68. The van der Waals surface area contributed by atoms with Crippen molar-refractivity contribution in [3.05, 3.63) is 17.8 Å². The standard InChI is InChI=1S/C13H15BrN2O2/c14-8-18-10-5-4-9-11(16-10)13(12(17)15-9)6-2-1-3-7-13/h4-5H,1-3,6-8H2,(H,15,17). The van der Waals surface area contributed by atoms with Crippen LogP contribution in [0.4, 0.5) is 5.69 Å². The van der Waals surface area contributed by atoms with Gasteiger partial charge in [0.2, 0.25) is 11.8 Å². The Hall–Kier alpha value is -1.10. The van der Waals surface area contributed by atoms with Gasteiger partial charge in [0, 0.05) is 6.07 Å². The molecule has 2 aliphatic rings. The van der Waals surface area contributed by atoms with E-state index in [0.29, 0.717) is 11.4 Å². The second kappa shape index (κ2) is 4.53. The number of nitrogens with one attached hydrogen (secondary N) is 1. The van der Waals surface area contributed by atoms with Crippen LogP contribution in [0.5, 0.6) is 5.88 Å². The van der Waals surface area contributed by atoms with Crippen molar-refractivity contribution in [3.8, 4) is 5.88 Å². The summed E-state index contributed by atoms with van der Waals surface area (Å²) in [5.41, 5.74) is 1.74. The van der Waals surface area contributed by atoms with Crippen LogP contribution in [0, 0.1) is 0 Å². The van der Waals surface area contributed by atoms with Gasteiger partial charge in [-0.05, 0) is 34.8 Å². The smallest absolute Gasteiger partial charge is 0.236 e. The van der Waals surface area contributed by atoms with Crippen LogP contribution in [0.25, 0.3) is 0 Å². The number of aromatic nitrogens is 1. The van der Waals surface area contributed by atoms with Crippen molar-refractivity contribution in [2.24, 2.45) is 0 Å². The van der Waals surface area contributed by atoms with Crippen molar-refractivity contribution in [2.75, 3.05) is 10.8 Å². The summed E-state index contributed by atoms with van der Waals surface area (Å²) in [6.45, 7) is 0. The molecule has 1 spiro atoms. The summed E-state index contributed by atoms with van der Waals surface area (Å²) in [5, 5.41) is 2.96. The van der Waals surface area contributed by atoms with E-state index in [1.807, 2.05) is 6.07 Å². The lowest BCUT2D eigenvalue weighted by atomic mass is 9.72. The SMILES string of the molecule is O=C1Nc2ccc(OCBr)nc2C12CCCCC2. The number of hydrogen-bond acceptors (Lipinski definition) is 3. The van der Waals surface area contributed by atoms with E-state index in [1.165, 1.54) is 6.42 Å². The quantitative estimate of drug-likeness (QED) is 0.854. The molecule has 4 nitrogen and oxygen atoms in total. The number of rotatable bonds is 2. The molecule has 0 aromatic carbocycles. The molecule has 1 aromatic heterocycles. The Labute approximate surface area is 114 Å². The van der Waals surface area contributed by atoms with Crippen LogP contribution >= 0.6 is 15.9 Å². The summed E-state index contributed by atoms with van der Waals surface area (Å²) in [7, 11) is 0. The summed E-state index contributed by atoms with van der Waals surface area (Å²) < 4.78 is 5.37. The van der Waals surface area contributed by atoms with Crippen LogP contribution in [-0.2, 0) is 10.2 Å². The highest BCUT2D eigenvalue weighted by molar-refractivity contribution is 9.09. The number of nitrogens with zero attached hydrogens (tertiary/aromatic N) is 1. The van der Waals surface area contributed by atoms with Crippen LogP contribution in [0.15, 0.2) is 12.1 Å². The van der Waals surface area contributed by atoms with Crippen molar-refractivity contribution in [1.82, 2.24) is 4.98 Å². The lowest BCUT2D eigenvalue weighted by Gasteiger charge is -2.30. The van der Waals surface area contributed by atoms with Crippen molar-refractivity contribution in [1.29, 1.82) is 0 Å². The molecule has 1 N–H and O–H groups in total. The van der Waals surface area contributed by atoms with Crippen LogP contribution in [0.2, 0.25) is 0 Å². The Kier molecular flexibility index (Phi) is 3.01. The number of anilines is 1. The van der Waals surface area contributed by atoms with E-state index in [1.54, 1.807) is 6.07 Å². The maximum absolute atomic E-state index is 12.3. The first-order valence-corrected chi connectivity index (χ1v) is 7.40. The molecular weight excluding hydrogens is 296 g/mol. The number of halogens is 1. The molecule has 0 unspecified atom stereocenters. The molecule has 0 radical (unpaired) electrons. The van der Waals surface area contributed by atoms with Gasteiger partial charge in [-0.1, -0.05) is 19.3 Å². The number of hydrogen-bond donors (Lipinski definition) is 1. The summed E-state index contributed by atoms with van der Waals surface area (Å²) >= 11 is 3.22. The molecule has 96 valence electrons. The highest BCUT2D eigenvalue weighted by atomic mass is 79.9. The summed E-state index contributed by atoms with van der Waals surface area (Å²) in [4.78, 5) is 16.8.